The summed E-state index contributed by atoms with van der Waals surface area (Å²) in [6.45, 7) is 1.26. The second-order valence-corrected chi connectivity index (χ2v) is 4.79. The molecule has 0 atom stereocenters. The van der Waals surface area contributed by atoms with E-state index in [1.165, 1.54) is 25.1 Å². The van der Waals surface area contributed by atoms with E-state index in [1.54, 1.807) is 0 Å². The van der Waals surface area contributed by atoms with Crippen LogP contribution in [0.5, 0.6) is 5.75 Å². The van der Waals surface area contributed by atoms with E-state index in [-0.39, 0.29) is 39.0 Å². The second kappa shape index (κ2) is 4.05. The highest BCUT2D eigenvalue weighted by molar-refractivity contribution is 6.39. The molecule has 1 N–H and O–H groups in total. The Morgan fingerprint density at radius 1 is 1.20 bits per heavy atom. The van der Waals surface area contributed by atoms with Gasteiger partial charge in [-0.1, -0.05) is 11.6 Å². The Morgan fingerprint density at radius 2 is 1.90 bits per heavy atom. The van der Waals surface area contributed by atoms with Gasteiger partial charge in [0.25, 0.3) is 0 Å². The Balaban J connectivity index is 2.34. The van der Waals surface area contributed by atoms with Gasteiger partial charge in [-0.2, -0.15) is 0 Å². The van der Waals surface area contributed by atoms with Crippen molar-refractivity contribution in [3.8, 4) is 5.75 Å². The van der Waals surface area contributed by atoms with Gasteiger partial charge in [0.1, 0.15) is 5.75 Å². The van der Waals surface area contributed by atoms with Gasteiger partial charge in [-0.25, -0.2) is 0 Å². The third-order valence-electron chi connectivity index (χ3n) is 3.12. The molecule has 0 saturated heterocycles. The molecule has 0 aliphatic heterocycles. The van der Waals surface area contributed by atoms with Crippen LogP contribution in [0.3, 0.4) is 0 Å². The molecule has 1 aromatic carbocycles. The average molecular weight is 291 g/mol. The predicted molar refractivity (Wildman–Crippen MR) is 68.7 cm³/mol. The lowest BCUT2D eigenvalue weighted by Gasteiger charge is -2.15. The molecule has 100 valence electrons. The molecule has 0 spiro atoms. The number of halogens is 1. The minimum absolute atomic E-state index is 0.0137. The minimum atomic E-state index is -0.665. The van der Waals surface area contributed by atoms with E-state index < -0.39 is 17.3 Å². The van der Waals surface area contributed by atoms with Crippen molar-refractivity contribution in [2.75, 3.05) is 0 Å². The zero-order valence-electron chi connectivity index (χ0n) is 10.2. The molecule has 2 aromatic rings. The molecule has 1 aliphatic rings. The van der Waals surface area contributed by atoms with Gasteiger partial charge < -0.3 is 9.52 Å². The van der Waals surface area contributed by atoms with Gasteiger partial charge in [0, 0.05) is 6.92 Å². The SMILES string of the molecule is CC(=O)c1cc2c(o1)C(=O)c1c(O)ccc(Cl)c1C2=O. The fraction of sp³-hybridized carbons (Fsp3) is 0.0714. The summed E-state index contributed by atoms with van der Waals surface area (Å²) in [5, 5.41) is 9.83. The number of phenolic OH excluding ortho intramolecular Hbond substituents is 1. The summed E-state index contributed by atoms with van der Waals surface area (Å²) in [5.41, 5.74) is -0.278. The fourth-order valence-electron chi connectivity index (χ4n) is 2.17. The first-order chi connectivity index (χ1) is 9.41. The van der Waals surface area contributed by atoms with Crippen LogP contribution < -0.4 is 0 Å². The van der Waals surface area contributed by atoms with Crippen molar-refractivity contribution < 1.29 is 23.9 Å². The molecule has 5 nitrogen and oxygen atoms in total. The number of carbonyl (C=O) groups excluding carboxylic acids is 3. The third kappa shape index (κ3) is 1.53. The smallest absolute Gasteiger partial charge is 0.233 e. The van der Waals surface area contributed by atoms with Crippen molar-refractivity contribution >= 4 is 29.0 Å². The van der Waals surface area contributed by atoms with Crippen LogP contribution in [0.2, 0.25) is 5.02 Å². The summed E-state index contributed by atoms with van der Waals surface area (Å²) in [7, 11) is 0. The summed E-state index contributed by atoms with van der Waals surface area (Å²) in [6.07, 6.45) is 0. The molecule has 0 fully saturated rings. The van der Waals surface area contributed by atoms with Gasteiger partial charge in [-0.3, -0.25) is 14.4 Å². The van der Waals surface area contributed by atoms with Crippen molar-refractivity contribution in [2.45, 2.75) is 6.92 Å². The van der Waals surface area contributed by atoms with Crippen molar-refractivity contribution in [3.63, 3.8) is 0 Å². The van der Waals surface area contributed by atoms with Crippen LogP contribution in [-0.2, 0) is 0 Å². The zero-order valence-corrected chi connectivity index (χ0v) is 10.9. The molecule has 1 aliphatic carbocycles. The topological polar surface area (TPSA) is 84.6 Å². The van der Waals surface area contributed by atoms with E-state index in [9.17, 15) is 19.5 Å². The highest BCUT2D eigenvalue weighted by Crippen LogP contribution is 2.37. The lowest BCUT2D eigenvalue weighted by atomic mass is 9.88. The Labute approximate surface area is 117 Å². The molecule has 0 bridgehead atoms. The molecule has 1 heterocycles. The average Bonchev–Trinajstić information content (AvgIpc) is 2.84. The van der Waals surface area contributed by atoms with Crippen LogP contribution in [0.1, 0.15) is 49.5 Å². The van der Waals surface area contributed by atoms with Gasteiger partial charge in [-0.15, -0.1) is 0 Å². The van der Waals surface area contributed by atoms with E-state index in [1.807, 2.05) is 0 Å². The molecule has 20 heavy (non-hydrogen) atoms. The Bertz CT molecular complexity index is 742. The van der Waals surface area contributed by atoms with Crippen LogP contribution in [0, 0.1) is 0 Å². The maximum Gasteiger partial charge on any atom is 0.233 e. The van der Waals surface area contributed by atoms with Crippen LogP contribution in [0.4, 0.5) is 0 Å². The van der Waals surface area contributed by atoms with Gasteiger partial charge in [-0.05, 0) is 18.2 Å². The van der Waals surface area contributed by atoms with Crippen LogP contribution in [-0.4, -0.2) is 22.5 Å². The van der Waals surface area contributed by atoms with Gasteiger partial charge in [0.05, 0.1) is 21.7 Å². The third-order valence-corrected chi connectivity index (χ3v) is 3.43. The Hall–Kier alpha value is -2.40. The monoisotopic (exact) mass is 290 g/mol. The fourth-order valence-corrected chi connectivity index (χ4v) is 2.41. The first kappa shape index (κ1) is 12.6. The number of furan rings is 1. The number of fused-ring (bicyclic) bond motifs is 2. The van der Waals surface area contributed by atoms with E-state index >= 15 is 0 Å². The summed E-state index contributed by atoms with van der Waals surface area (Å²) in [6, 6.07) is 3.78. The molecule has 0 saturated carbocycles. The van der Waals surface area contributed by atoms with Gasteiger partial charge in [0.2, 0.25) is 5.78 Å². The van der Waals surface area contributed by atoms with E-state index in [4.69, 9.17) is 16.0 Å². The maximum atomic E-state index is 12.3. The van der Waals surface area contributed by atoms with E-state index in [2.05, 4.69) is 0 Å². The Morgan fingerprint density at radius 3 is 2.55 bits per heavy atom. The van der Waals surface area contributed by atoms with E-state index in [0.29, 0.717) is 0 Å². The molecule has 0 unspecified atom stereocenters. The maximum absolute atomic E-state index is 12.3. The molecular weight excluding hydrogens is 284 g/mol. The van der Waals surface area contributed by atoms with Crippen LogP contribution in [0.25, 0.3) is 0 Å². The molecule has 3 rings (SSSR count). The predicted octanol–water partition coefficient (Wildman–Crippen LogP) is 2.62. The lowest BCUT2D eigenvalue weighted by Crippen LogP contribution is -2.19. The van der Waals surface area contributed by atoms with Crippen molar-refractivity contribution in [2.24, 2.45) is 0 Å². The summed E-state index contributed by atoms with van der Waals surface area (Å²) in [4.78, 5) is 35.9. The zero-order chi connectivity index (χ0) is 14.6. The largest absolute Gasteiger partial charge is 0.507 e. The molecule has 6 heteroatoms. The second-order valence-electron chi connectivity index (χ2n) is 4.38. The number of phenols is 1. The first-order valence-electron chi connectivity index (χ1n) is 5.67. The number of hydrogen-bond acceptors (Lipinski definition) is 5. The number of aromatic hydroxyl groups is 1. The highest BCUT2D eigenvalue weighted by Gasteiger charge is 2.37. The van der Waals surface area contributed by atoms with Crippen molar-refractivity contribution in [1.82, 2.24) is 0 Å². The quantitative estimate of drug-likeness (QED) is 0.696. The summed E-state index contributed by atoms with van der Waals surface area (Å²) in [5.74, 6) is -2.30. The number of ketones is 3. The number of benzene rings is 1. The van der Waals surface area contributed by atoms with Gasteiger partial charge in [0.15, 0.2) is 23.1 Å². The molecule has 0 radical (unpaired) electrons. The van der Waals surface area contributed by atoms with Crippen LogP contribution in [0.15, 0.2) is 22.6 Å². The highest BCUT2D eigenvalue weighted by atomic mass is 35.5. The summed E-state index contributed by atoms with van der Waals surface area (Å²) >= 11 is 5.93. The minimum Gasteiger partial charge on any atom is -0.507 e. The van der Waals surface area contributed by atoms with Crippen molar-refractivity contribution in [3.05, 3.63) is 51.4 Å². The normalized spacial score (nSPS) is 13.1. The number of hydrogen-bond donors (Lipinski definition) is 1. The van der Waals surface area contributed by atoms with Crippen molar-refractivity contribution in [1.29, 1.82) is 0 Å². The number of carbonyl (C=O) groups is 3. The summed E-state index contributed by atoms with van der Waals surface area (Å²) < 4.78 is 5.13. The number of rotatable bonds is 1. The lowest BCUT2D eigenvalue weighted by molar-refractivity contribution is 0.0945. The van der Waals surface area contributed by atoms with Gasteiger partial charge >= 0.3 is 0 Å². The van der Waals surface area contributed by atoms with Crippen LogP contribution >= 0.6 is 11.6 Å². The first-order valence-corrected chi connectivity index (χ1v) is 6.05. The number of Topliss-reactive ketones (excluding diaryl/α,β-unsaturated/α-hetero) is 1. The molecule has 0 amide bonds. The van der Waals surface area contributed by atoms with E-state index in [0.717, 1.165) is 0 Å². The Kier molecular flexibility index (Phi) is 2.55. The molecule has 1 aromatic heterocycles. The standard InChI is InChI=1S/C14H7ClO5/c1-5(16)9-4-6-12(18)10-7(15)2-3-8(17)11(10)13(19)14(6)20-9/h2-4,17H,1H3. The molecular formula is C14H7ClO5.